The molecule has 2 nitrogen and oxygen atoms in total. The van der Waals surface area contributed by atoms with Crippen LogP contribution in [0, 0.1) is 5.92 Å². The lowest BCUT2D eigenvalue weighted by Crippen LogP contribution is -2.37. The first-order valence-electron chi connectivity index (χ1n) is 5.65. The van der Waals surface area contributed by atoms with E-state index < -0.39 is 0 Å². The van der Waals surface area contributed by atoms with E-state index in [1.165, 1.54) is 5.56 Å². The van der Waals surface area contributed by atoms with Gasteiger partial charge in [0, 0.05) is 6.21 Å². The van der Waals surface area contributed by atoms with Gasteiger partial charge in [-0.15, -0.1) is 0 Å². The number of aliphatic imine (C=N–C) groups is 1. The van der Waals surface area contributed by atoms with Gasteiger partial charge in [0.15, 0.2) is 0 Å². The first-order chi connectivity index (χ1) is 7.36. The standard InChI is InChI=1S/C13H18N2/c1-11-9-14-8-7-13(11)15-10-12-5-3-2-4-6-12/h2-6,10-11,13-14H,7-9H2,1H3/b15-10+. The van der Waals surface area contributed by atoms with Crippen molar-refractivity contribution in [1.29, 1.82) is 0 Å². The third-order valence-corrected chi connectivity index (χ3v) is 2.95. The molecule has 1 aliphatic rings. The molecule has 2 heteroatoms. The molecular weight excluding hydrogens is 184 g/mol. The summed E-state index contributed by atoms with van der Waals surface area (Å²) in [6.45, 7) is 4.46. The van der Waals surface area contributed by atoms with E-state index in [-0.39, 0.29) is 0 Å². The highest BCUT2D eigenvalue weighted by atomic mass is 14.9. The summed E-state index contributed by atoms with van der Waals surface area (Å²) in [7, 11) is 0. The Labute approximate surface area is 91.4 Å². The van der Waals surface area contributed by atoms with Crippen LogP contribution in [0.1, 0.15) is 18.9 Å². The number of benzene rings is 1. The van der Waals surface area contributed by atoms with Gasteiger partial charge in [-0.25, -0.2) is 0 Å². The minimum Gasteiger partial charge on any atom is -0.316 e. The maximum absolute atomic E-state index is 4.67. The molecule has 2 atom stereocenters. The molecule has 0 aromatic heterocycles. The molecule has 2 rings (SSSR count). The van der Waals surface area contributed by atoms with Gasteiger partial charge in [0.25, 0.3) is 0 Å². The highest BCUT2D eigenvalue weighted by Gasteiger charge is 2.18. The van der Waals surface area contributed by atoms with Crippen molar-refractivity contribution < 1.29 is 0 Å². The van der Waals surface area contributed by atoms with E-state index >= 15 is 0 Å². The smallest absolute Gasteiger partial charge is 0.0549 e. The van der Waals surface area contributed by atoms with Crippen molar-refractivity contribution in [3.05, 3.63) is 35.9 Å². The van der Waals surface area contributed by atoms with Gasteiger partial charge in [0.05, 0.1) is 6.04 Å². The van der Waals surface area contributed by atoms with Crippen LogP contribution in [0.4, 0.5) is 0 Å². The molecule has 1 fully saturated rings. The van der Waals surface area contributed by atoms with Crippen molar-refractivity contribution in [3.8, 4) is 0 Å². The van der Waals surface area contributed by atoms with E-state index in [1.807, 2.05) is 24.4 Å². The Hall–Kier alpha value is -1.15. The lowest BCUT2D eigenvalue weighted by Gasteiger charge is -2.26. The average molecular weight is 202 g/mol. The molecule has 80 valence electrons. The Morgan fingerprint density at radius 3 is 2.87 bits per heavy atom. The molecule has 0 bridgehead atoms. The number of hydrogen-bond donors (Lipinski definition) is 1. The number of nitrogens with one attached hydrogen (secondary N) is 1. The largest absolute Gasteiger partial charge is 0.316 e. The van der Waals surface area contributed by atoms with E-state index in [0.717, 1.165) is 19.5 Å². The molecule has 0 radical (unpaired) electrons. The van der Waals surface area contributed by atoms with Crippen LogP contribution in [0.5, 0.6) is 0 Å². The molecule has 1 heterocycles. The Bertz CT molecular complexity index is 319. The zero-order valence-corrected chi connectivity index (χ0v) is 9.19. The predicted octanol–water partition coefficient (Wildman–Crippen LogP) is 2.10. The van der Waals surface area contributed by atoms with Crippen molar-refractivity contribution in [1.82, 2.24) is 5.32 Å². The predicted molar refractivity (Wildman–Crippen MR) is 64.5 cm³/mol. The minimum atomic E-state index is 0.492. The van der Waals surface area contributed by atoms with Gasteiger partial charge in [-0.2, -0.15) is 0 Å². The maximum atomic E-state index is 4.67. The summed E-state index contributed by atoms with van der Waals surface area (Å²) in [5.74, 6) is 0.652. The molecule has 1 aromatic rings. The van der Waals surface area contributed by atoms with Gasteiger partial charge in [0.1, 0.15) is 0 Å². The molecule has 2 unspecified atom stereocenters. The second-order valence-electron chi connectivity index (χ2n) is 4.23. The normalized spacial score (nSPS) is 27.0. The molecule has 0 aliphatic carbocycles. The Balaban J connectivity index is 1.98. The second kappa shape index (κ2) is 5.08. The van der Waals surface area contributed by atoms with Crippen molar-refractivity contribution in [3.63, 3.8) is 0 Å². The summed E-state index contributed by atoms with van der Waals surface area (Å²) >= 11 is 0. The maximum Gasteiger partial charge on any atom is 0.0549 e. The van der Waals surface area contributed by atoms with Gasteiger partial charge >= 0.3 is 0 Å². The highest BCUT2D eigenvalue weighted by Crippen LogP contribution is 2.14. The van der Waals surface area contributed by atoms with Gasteiger partial charge in [-0.3, -0.25) is 4.99 Å². The Kier molecular flexibility index (Phi) is 3.51. The monoisotopic (exact) mass is 202 g/mol. The molecule has 0 amide bonds. The fourth-order valence-corrected chi connectivity index (χ4v) is 1.94. The molecule has 0 spiro atoms. The minimum absolute atomic E-state index is 0.492. The summed E-state index contributed by atoms with van der Waals surface area (Å²) in [5.41, 5.74) is 1.20. The van der Waals surface area contributed by atoms with Crippen molar-refractivity contribution in [2.24, 2.45) is 10.9 Å². The molecule has 1 aromatic carbocycles. The quantitative estimate of drug-likeness (QED) is 0.730. The fraction of sp³-hybridized carbons (Fsp3) is 0.462. The van der Waals surface area contributed by atoms with Gasteiger partial charge in [-0.1, -0.05) is 37.3 Å². The van der Waals surface area contributed by atoms with E-state index in [2.05, 4.69) is 29.4 Å². The number of rotatable bonds is 2. The highest BCUT2D eigenvalue weighted by molar-refractivity contribution is 5.79. The first kappa shape index (κ1) is 10.4. The van der Waals surface area contributed by atoms with Crippen LogP contribution in [0.25, 0.3) is 0 Å². The van der Waals surface area contributed by atoms with E-state index in [1.54, 1.807) is 0 Å². The van der Waals surface area contributed by atoms with Crippen LogP contribution >= 0.6 is 0 Å². The summed E-state index contributed by atoms with van der Waals surface area (Å²) in [4.78, 5) is 4.67. The fourth-order valence-electron chi connectivity index (χ4n) is 1.94. The van der Waals surface area contributed by atoms with E-state index in [4.69, 9.17) is 0 Å². The van der Waals surface area contributed by atoms with E-state index in [9.17, 15) is 0 Å². The van der Waals surface area contributed by atoms with Gasteiger partial charge in [0.2, 0.25) is 0 Å². The lowest BCUT2D eigenvalue weighted by atomic mass is 9.96. The van der Waals surface area contributed by atoms with Crippen molar-refractivity contribution >= 4 is 6.21 Å². The van der Waals surface area contributed by atoms with Gasteiger partial charge in [-0.05, 0) is 31.0 Å². The zero-order valence-electron chi connectivity index (χ0n) is 9.19. The van der Waals surface area contributed by atoms with Crippen LogP contribution in [0.15, 0.2) is 35.3 Å². The van der Waals surface area contributed by atoms with Crippen LogP contribution in [-0.4, -0.2) is 25.3 Å². The Morgan fingerprint density at radius 1 is 1.33 bits per heavy atom. The summed E-state index contributed by atoms with van der Waals surface area (Å²) < 4.78 is 0. The molecule has 1 aliphatic heterocycles. The summed E-state index contributed by atoms with van der Waals surface area (Å²) in [5, 5.41) is 3.39. The lowest BCUT2D eigenvalue weighted by molar-refractivity contribution is 0.352. The molecule has 1 N–H and O–H groups in total. The van der Waals surface area contributed by atoms with Gasteiger partial charge < -0.3 is 5.32 Å². The van der Waals surface area contributed by atoms with Crippen LogP contribution in [0.3, 0.4) is 0 Å². The average Bonchev–Trinajstić information content (AvgIpc) is 2.29. The topological polar surface area (TPSA) is 24.4 Å². The van der Waals surface area contributed by atoms with E-state index in [0.29, 0.717) is 12.0 Å². The van der Waals surface area contributed by atoms with Crippen molar-refractivity contribution in [2.75, 3.05) is 13.1 Å². The SMILES string of the molecule is CC1CNCCC1/N=C/c1ccccc1. The molecule has 15 heavy (non-hydrogen) atoms. The van der Waals surface area contributed by atoms with Crippen LogP contribution in [0.2, 0.25) is 0 Å². The first-order valence-corrected chi connectivity index (χ1v) is 5.65. The number of hydrogen-bond acceptors (Lipinski definition) is 2. The third kappa shape index (κ3) is 2.90. The summed E-state index contributed by atoms with van der Waals surface area (Å²) in [6.07, 6.45) is 3.16. The van der Waals surface area contributed by atoms with Crippen LogP contribution in [-0.2, 0) is 0 Å². The second-order valence-corrected chi connectivity index (χ2v) is 4.23. The zero-order chi connectivity index (χ0) is 10.5. The Morgan fingerprint density at radius 2 is 2.13 bits per heavy atom. The number of piperidine rings is 1. The third-order valence-electron chi connectivity index (χ3n) is 2.95. The molecule has 0 saturated carbocycles. The summed E-state index contributed by atoms with van der Waals surface area (Å²) in [6, 6.07) is 10.8. The molecular formula is C13H18N2. The van der Waals surface area contributed by atoms with Crippen molar-refractivity contribution in [2.45, 2.75) is 19.4 Å². The van der Waals surface area contributed by atoms with Crippen LogP contribution < -0.4 is 5.32 Å². The number of nitrogens with zero attached hydrogens (tertiary/aromatic N) is 1. The molecule has 1 saturated heterocycles.